The Hall–Kier alpha value is -1.85. The van der Waals surface area contributed by atoms with Crippen LogP contribution in [-0.4, -0.2) is 8.42 Å². The molecule has 3 aromatic rings. The molecule has 1 aliphatic heterocycles. The van der Waals surface area contributed by atoms with Crippen LogP contribution < -0.4 is 5.73 Å². The van der Waals surface area contributed by atoms with E-state index >= 15 is 0 Å². The molecule has 94 valence electrons. The zero-order chi connectivity index (χ0) is 13.2. The number of hydrogen-bond acceptors (Lipinski definition) is 4. The van der Waals surface area contributed by atoms with Crippen molar-refractivity contribution in [2.75, 3.05) is 5.73 Å². The van der Waals surface area contributed by atoms with Gasteiger partial charge >= 0.3 is 0 Å². The first-order chi connectivity index (χ1) is 9.09. The summed E-state index contributed by atoms with van der Waals surface area (Å²) in [5, 5.41) is 0.803. The van der Waals surface area contributed by atoms with Crippen molar-refractivity contribution < 1.29 is 8.42 Å². The van der Waals surface area contributed by atoms with Crippen LogP contribution >= 0.6 is 11.3 Å². The summed E-state index contributed by atoms with van der Waals surface area (Å²) in [5.74, 6) is 0. The molecule has 0 atom stereocenters. The average molecular weight is 287 g/mol. The number of nitrogens with two attached hydrogens (primary N) is 1. The lowest BCUT2D eigenvalue weighted by molar-refractivity contribution is 0.599. The van der Waals surface area contributed by atoms with Crippen molar-refractivity contribution >= 4 is 36.9 Å². The van der Waals surface area contributed by atoms with Crippen molar-refractivity contribution in [3.63, 3.8) is 0 Å². The van der Waals surface area contributed by atoms with Crippen LogP contribution in [0.2, 0.25) is 0 Å². The fraction of sp³-hybridized carbons (Fsp3) is 0. The van der Waals surface area contributed by atoms with Gasteiger partial charge in [-0.05, 0) is 18.2 Å². The highest BCUT2D eigenvalue weighted by atomic mass is 32.2. The summed E-state index contributed by atoms with van der Waals surface area (Å²) in [4.78, 5) is 1.60. The number of hydrogen-bond donors (Lipinski definition) is 1. The lowest BCUT2D eigenvalue weighted by Crippen LogP contribution is -1.97. The molecule has 0 saturated carbocycles. The molecule has 4 rings (SSSR count). The highest BCUT2D eigenvalue weighted by Gasteiger charge is 2.36. The summed E-state index contributed by atoms with van der Waals surface area (Å²) in [6.07, 6.45) is 0. The number of rotatable bonds is 0. The minimum absolute atomic E-state index is 0.333. The topological polar surface area (TPSA) is 60.2 Å². The number of nitrogen functional groups attached to an aromatic ring is 1. The van der Waals surface area contributed by atoms with Crippen LogP contribution in [-0.2, 0) is 9.84 Å². The Balaban J connectivity index is 2.23. The third kappa shape index (κ3) is 1.29. The van der Waals surface area contributed by atoms with Crippen LogP contribution in [0, 0.1) is 0 Å². The minimum Gasteiger partial charge on any atom is -0.399 e. The Morgan fingerprint density at radius 2 is 1.84 bits per heavy atom. The van der Waals surface area contributed by atoms with Crippen molar-refractivity contribution in [1.82, 2.24) is 0 Å². The maximum Gasteiger partial charge on any atom is 0.209 e. The van der Waals surface area contributed by atoms with E-state index in [4.69, 9.17) is 5.73 Å². The van der Waals surface area contributed by atoms with Gasteiger partial charge in [-0.25, -0.2) is 8.42 Å². The van der Waals surface area contributed by atoms with Crippen LogP contribution in [0.25, 0.3) is 20.5 Å². The molecule has 1 aliphatic rings. The third-order valence-corrected chi connectivity index (χ3v) is 6.57. The van der Waals surface area contributed by atoms with Crippen molar-refractivity contribution in [3.05, 3.63) is 42.5 Å². The molecule has 0 saturated heterocycles. The van der Waals surface area contributed by atoms with Crippen LogP contribution in [0.5, 0.6) is 0 Å². The van der Waals surface area contributed by atoms with Crippen LogP contribution in [0.3, 0.4) is 0 Å². The van der Waals surface area contributed by atoms with E-state index in [2.05, 4.69) is 0 Å². The molecule has 5 heteroatoms. The zero-order valence-corrected chi connectivity index (χ0v) is 11.4. The Morgan fingerprint density at radius 1 is 1.05 bits per heavy atom. The van der Waals surface area contributed by atoms with Crippen LogP contribution in [0.4, 0.5) is 5.69 Å². The first-order valence-electron chi connectivity index (χ1n) is 5.75. The van der Waals surface area contributed by atoms with Crippen LogP contribution in [0.1, 0.15) is 0 Å². The monoisotopic (exact) mass is 287 g/mol. The van der Waals surface area contributed by atoms with E-state index < -0.39 is 9.84 Å². The summed E-state index contributed by atoms with van der Waals surface area (Å²) in [6.45, 7) is 0. The van der Waals surface area contributed by atoms with E-state index in [0.717, 1.165) is 20.5 Å². The second-order valence-electron chi connectivity index (χ2n) is 4.52. The predicted octanol–water partition coefficient (Wildman–Crippen LogP) is 3.30. The van der Waals surface area contributed by atoms with Gasteiger partial charge in [0.05, 0.1) is 14.7 Å². The third-order valence-electron chi connectivity index (χ3n) is 3.36. The molecule has 2 heterocycles. The first kappa shape index (κ1) is 11.0. The molecule has 0 bridgehead atoms. The van der Waals surface area contributed by atoms with Crippen LogP contribution in [0.15, 0.2) is 52.3 Å². The standard InChI is InChI=1S/C14H9NO2S2/c15-8-5-6-10-12(7-8)19(16,17)14-9-3-1-2-4-11(9)18-13(10)14/h1-7H,15H2. The van der Waals surface area contributed by atoms with E-state index in [1.165, 1.54) is 11.3 Å². The molecule has 2 N–H and O–H groups in total. The van der Waals surface area contributed by atoms with E-state index in [1.54, 1.807) is 18.2 Å². The van der Waals surface area contributed by atoms with Crippen molar-refractivity contribution in [1.29, 1.82) is 0 Å². The fourth-order valence-electron chi connectivity index (χ4n) is 2.52. The van der Waals surface area contributed by atoms with Gasteiger partial charge in [0.1, 0.15) is 0 Å². The number of anilines is 1. The maximum absolute atomic E-state index is 12.7. The molecule has 0 fully saturated rings. The van der Waals surface area contributed by atoms with Gasteiger partial charge in [-0.3, -0.25) is 0 Å². The lowest BCUT2D eigenvalue weighted by Gasteiger charge is -2.01. The smallest absolute Gasteiger partial charge is 0.209 e. The Kier molecular flexibility index (Phi) is 1.96. The zero-order valence-electron chi connectivity index (χ0n) is 9.75. The van der Waals surface area contributed by atoms with E-state index in [1.807, 2.05) is 24.3 Å². The predicted molar refractivity (Wildman–Crippen MR) is 77.1 cm³/mol. The summed E-state index contributed by atoms with van der Waals surface area (Å²) < 4.78 is 26.3. The second-order valence-corrected chi connectivity index (χ2v) is 7.42. The highest BCUT2D eigenvalue weighted by molar-refractivity contribution is 7.92. The molecular weight excluding hydrogens is 278 g/mol. The minimum atomic E-state index is -3.44. The van der Waals surface area contributed by atoms with E-state index in [0.29, 0.717) is 15.5 Å². The SMILES string of the molecule is Nc1ccc2c(c1)S(=O)(=O)c1c-2sc2ccccc12. The fourth-order valence-corrected chi connectivity index (χ4v) is 6.04. The second kappa shape index (κ2) is 3.37. The van der Waals surface area contributed by atoms with E-state index in [9.17, 15) is 8.42 Å². The Morgan fingerprint density at radius 3 is 2.68 bits per heavy atom. The molecule has 0 spiro atoms. The molecule has 0 aliphatic carbocycles. The van der Waals surface area contributed by atoms with Gasteiger partial charge in [0.2, 0.25) is 9.84 Å². The normalized spacial score (nSPS) is 15.4. The molecule has 0 amide bonds. The number of sulfone groups is 1. The largest absolute Gasteiger partial charge is 0.399 e. The first-order valence-corrected chi connectivity index (χ1v) is 8.05. The summed E-state index contributed by atoms with van der Waals surface area (Å²) in [7, 11) is -3.44. The summed E-state index contributed by atoms with van der Waals surface area (Å²) in [5.41, 5.74) is 6.95. The lowest BCUT2D eigenvalue weighted by atomic mass is 10.1. The van der Waals surface area contributed by atoms with Gasteiger partial charge in [-0.15, -0.1) is 11.3 Å². The van der Waals surface area contributed by atoms with Gasteiger partial charge in [-0.2, -0.15) is 0 Å². The maximum atomic E-state index is 12.7. The van der Waals surface area contributed by atoms with Gasteiger partial charge < -0.3 is 5.73 Å². The molecule has 0 radical (unpaired) electrons. The van der Waals surface area contributed by atoms with Gasteiger partial charge in [0, 0.05) is 21.3 Å². The van der Waals surface area contributed by atoms with E-state index in [-0.39, 0.29) is 0 Å². The molecule has 1 aromatic heterocycles. The van der Waals surface area contributed by atoms with Gasteiger partial charge in [0.15, 0.2) is 0 Å². The number of benzene rings is 2. The Bertz CT molecular complexity index is 939. The molecule has 2 aromatic carbocycles. The molecule has 0 unspecified atom stereocenters. The number of thiophene rings is 1. The van der Waals surface area contributed by atoms with Crippen molar-refractivity contribution in [2.45, 2.75) is 9.79 Å². The van der Waals surface area contributed by atoms with Gasteiger partial charge in [-0.1, -0.05) is 24.3 Å². The molecular formula is C14H9NO2S2. The Labute approximate surface area is 114 Å². The highest BCUT2D eigenvalue weighted by Crippen LogP contribution is 2.51. The van der Waals surface area contributed by atoms with Gasteiger partial charge in [0.25, 0.3) is 0 Å². The van der Waals surface area contributed by atoms with Crippen molar-refractivity contribution in [2.24, 2.45) is 0 Å². The van der Waals surface area contributed by atoms with Crippen molar-refractivity contribution in [3.8, 4) is 10.4 Å². The quantitative estimate of drug-likeness (QED) is 0.505. The average Bonchev–Trinajstić information content (AvgIpc) is 2.86. The molecule has 19 heavy (non-hydrogen) atoms. The summed E-state index contributed by atoms with van der Waals surface area (Å²) >= 11 is 1.52. The summed E-state index contributed by atoms with van der Waals surface area (Å²) in [6, 6.07) is 12.7. The number of fused-ring (bicyclic) bond motifs is 5. The molecule has 3 nitrogen and oxygen atoms in total.